The summed E-state index contributed by atoms with van der Waals surface area (Å²) in [4.78, 5) is 0. The predicted octanol–water partition coefficient (Wildman–Crippen LogP) is 3.33. The summed E-state index contributed by atoms with van der Waals surface area (Å²) in [6.45, 7) is 2.51. The number of terminal acetylenes is 1. The highest BCUT2D eigenvalue weighted by atomic mass is 14.7. The maximum atomic E-state index is 6.52. The molecule has 0 aliphatic heterocycles. The van der Waals surface area contributed by atoms with Crippen molar-refractivity contribution in [1.82, 2.24) is 0 Å². The minimum atomic E-state index is 0.351. The van der Waals surface area contributed by atoms with Gasteiger partial charge in [0.15, 0.2) is 0 Å². The maximum Gasteiger partial charge on any atom is 0.0105 e. The number of rotatable bonds is 3. The molecular formula is C16H25N. The highest BCUT2D eigenvalue weighted by Crippen LogP contribution is 2.66. The Bertz CT molecular complexity index is 337. The quantitative estimate of drug-likeness (QED) is 0.741. The molecule has 0 saturated heterocycles. The van der Waals surface area contributed by atoms with Gasteiger partial charge in [0.2, 0.25) is 0 Å². The molecule has 4 bridgehead atoms. The van der Waals surface area contributed by atoms with Crippen LogP contribution in [0.3, 0.4) is 0 Å². The number of hydrogen-bond donors (Lipinski definition) is 1. The summed E-state index contributed by atoms with van der Waals surface area (Å²) in [7, 11) is 0. The lowest BCUT2D eigenvalue weighted by molar-refractivity contribution is -0.113. The Morgan fingerprint density at radius 2 is 1.94 bits per heavy atom. The Hall–Kier alpha value is -0.480. The van der Waals surface area contributed by atoms with Gasteiger partial charge in [-0.2, -0.15) is 0 Å². The lowest BCUT2D eigenvalue weighted by Gasteiger charge is -2.63. The third-order valence-electron chi connectivity index (χ3n) is 5.79. The Labute approximate surface area is 106 Å². The van der Waals surface area contributed by atoms with Gasteiger partial charge in [-0.1, -0.05) is 6.92 Å². The highest BCUT2D eigenvalue weighted by molar-refractivity contribution is 5.09. The molecule has 0 amide bonds. The van der Waals surface area contributed by atoms with Crippen LogP contribution in [0.5, 0.6) is 0 Å². The van der Waals surface area contributed by atoms with Crippen LogP contribution in [0.4, 0.5) is 0 Å². The molecule has 1 nitrogen and oxygen atoms in total. The van der Waals surface area contributed by atoms with Crippen molar-refractivity contribution < 1.29 is 0 Å². The van der Waals surface area contributed by atoms with Crippen LogP contribution < -0.4 is 5.73 Å². The molecule has 94 valence electrons. The second kappa shape index (κ2) is 3.75. The fourth-order valence-electron chi connectivity index (χ4n) is 5.78. The van der Waals surface area contributed by atoms with Crippen molar-refractivity contribution in [1.29, 1.82) is 0 Å². The molecule has 0 spiro atoms. The van der Waals surface area contributed by atoms with E-state index in [-0.39, 0.29) is 0 Å². The first kappa shape index (κ1) is 11.6. The molecule has 0 radical (unpaired) electrons. The van der Waals surface area contributed by atoms with Crippen molar-refractivity contribution in [3.8, 4) is 12.3 Å². The standard InChI is InChI=1S/C16H25N/c1-3-4-5-14(17)16-9-12-6-13(10-16)8-15(2,7-12)11-16/h1,12-14H,4-11,17H2,2H3. The van der Waals surface area contributed by atoms with Crippen LogP contribution in [0.1, 0.15) is 58.3 Å². The predicted molar refractivity (Wildman–Crippen MR) is 71.3 cm³/mol. The monoisotopic (exact) mass is 231 g/mol. The second-order valence-electron chi connectivity index (χ2n) is 7.48. The van der Waals surface area contributed by atoms with Crippen molar-refractivity contribution in [2.45, 2.75) is 64.3 Å². The van der Waals surface area contributed by atoms with Crippen LogP contribution in [0.15, 0.2) is 0 Å². The number of hydrogen-bond acceptors (Lipinski definition) is 1. The molecule has 4 aliphatic carbocycles. The van der Waals surface area contributed by atoms with Gasteiger partial charge in [0, 0.05) is 12.5 Å². The van der Waals surface area contributed by atoms with Gasteiger partial charge in [-0.25, -0.2) is 0 Å². The molecular weight excluding hydrogens is 206 g/mol. The van der Waals surface area contributed by atoms with E-state index in [2.05, 4.69) is 12.8 Å². The molecule has 0 aromatic heterocycles. The normalized spacial score (nSPS) is 49.0. The zero-order chi connectivity index (χ0) is 12.1. The van der Waals surface area contributed by atoms with E-state index >= 15 is 0 Å². The fraction of sp³-hybridized carbons (Fsp3) is 0.875. The lowest BCUT2D eigenvalue weighted by atomic mass is 9.43. The molecule has 0 aromatic carbocycles. The molecule has 2 N–H and O–H groups in total. The molecule has 3 unspecified atom stereocenters. The SMILES string of the molecule is C#CCCC(N)C12CC3CC(CC(C)(C3)C1)C2. The fourth-order valence-corrected chi connectivity index (χ4v) is 5.78. The van der Waals surface area contributed by atoms with E-state index in [1.165, 1.54) is 38.5 Å². The third-order valence-corrected chi connectivity index (χ3v) is 5.79. The van der Waals surface area contributed by atoms with Crippen molar-refractivity contribution >= 4 is 0 Å². The van der Waals surface area contributed by atoms with Gasteiger partial charge in [0.25, 0.3) is 0 Å². The average molecular weight is 231 g/mol. The molecule has 17 heavy (non-hydrogen) atoms. The molecule has 0 heterocycles. The Balaban J connectivity index is 1.81. The summed E-state index contributed by atoms with van der Waals surface area (Å²) >= 11 is 0. The first-order chi connectivity index (χ1) is 8.05. The van der Waals surface area contributed by atoms with Crippen LogP contribution in [0.2, 0.25) is 0 Å². The minimum Gasteiger partial charge on any atom is -0.327 e. The van der Waals surface area contributed by atoms with Crippen LogP contribution in [-0.4, -0.2) is 6.04 Å². The number of nitrogens with two attached hydrogens (primary N) is 1. The summed E-state index contributed by atoms with van der Waals surface area (Å²) in [5, 5.41) is 0. The van der Waals surface area contributed by atoms with Crippen LogP contribution in [0.25, 0.3) is 0 Å². The van der Waals surface area contributed by atoms with E-state index in [9.17, 15) is 0 Å². The van der Waals surface area contributed by atoms with E-state index in [0.29, 0.717) is 16.9 Å². The molecule has 4 rings (SSSR count). The smallest absolute Gasteiger partial charge is 0.0105 e. The Morgan fingerprint density at radius 1 is 1.29 bits per heavy atom. The van der Waals surface area contributed by atoms with Gasteiger partial charge < -0.3 is 5.73 Å². The summed E-state index contributed by atoms with van der Waals surface area (Å²) in [6.07, 6.45) is 15.9. The van der Waals surface area contributed by atoms with Crippen LogP contribution in [0, 0.1) is 35.0 Å². The summed E-state index contributed by atoms with van der Waals surface area (Å²) < 4.78 is 0. The van der Waals surface area contributed by atoms with Crippen LogP contribution in [-0.2, 0) is 0 Å². The first-order valence-electron chi connectivity index (χ1n) is 7.24. The highest BCUT2D eigenvalue weighted by Gasteiger charge is 2.57. The van der Waals surface area contributed by atoms with Gasteiger partial charge in [-0.05, 0) is 67.6 Å². The van der Waals surface area contributed by atoms with E-state index in [4.69, 9.17) is 12.2 Å². The molecule has 0 aromatic rings. The van der Waals surface area contributed by atoms with Gasteiger partial charge in [-0.3, -0.25) is 0 Å². The van der Waals surface area contributed by atoms with E-state index in [1.54, 1.807) is 0 Å². The van der Waals surface area contributed by atoms with Crippen LogP contribution >= 0.6 is 0 Å². The van der Waals surface area contributed by atoms with Crippen molar-refractivity contribution in [3.63, 3.8) is 0 Å². The third kappa shape index (κ3) is 1.82. The molecule has 3 atom stereocenters. The Morgan fingerprint density at radius 3 is 2.47 bits per heavy atom. The molecule has 4 aliphatic rings. The zero-order valence-electron chi connectivity index (χ0n) is 11.0. The van der Waals surface area contributed by atoms with Gasteiger partial charge >= 0.3 is 0 Å². The van der Waals surface area contributed by atoms with Crippen molar-refractivity contribution in [3.05, 3.63) is 0 Å². The zero-order valence-corrected chi connectivity index (χ0v) is 11.0. The van der Waals surface area contributed by atoms with Crippen molar-refractivity contribution in [2.75, 3.05) is 0 Å². The summed E-state index contributed by atoms with van der Waals surface area (Å²) in [6, 6.07) is 0.351. The second-order valence-corrected chi connectivity index (χ2v) is 7.48. The molecule has 4 saturated carbocycles. The summed E-state index contributed by atoms with van der Waals surface area (Å²) in [5.41, 5.74) is 7.59. The van der Waals surface area contributed by atoms with Gasteiger partial charge in [0.05, 0.1) is 0 Å². The van der Waals surface area contributed by atoms with E-state index in [0.717, 1.165) is 24.7 Å². The van der Waals surface area contributed by atoms with Gasteiger partial charge in [-0.15, -0.1) is 12.3 Å². The summed E-state index contributed by atoms with van der Waals surface area (Å²) in [5.74, 6) is 4.70. The molecule has 4 fully saturated rings. The topological polar surface area (TPSA) is 26.0 Å². The van der Waals surface area contributed by atoms with E-state index < -0.39 is 0 Å². The Kier molecular flexibility index (Phi) is 2.56. The maximum absolute atomic E-state index is 6.52. The largest absolute Gasteiger partial charge is 0.327 e. The van der Waals surface area contributed by atoms with Crippen molar-refractivity contribution in [2.24, 2.45) is 28.4 Å². The lowest BCUT2D eigenvalue weighted by Crippen LogP contribution is -2.57. The minimum absolute atomic E-state index is 0.351. The first-order valence-corrected chi connectivity index (χ1v) is 7.24. The van der Waals surface area contributed by atoms with E-state index in [1.807, 2.05) is 0 Å². The molecule has 1 heteroatoms. The average Bonchev–Trinajstić information content (AvgIpc) is 2.22. The van der Waals surface area contributed by atoms with Gasteiger partial charge in [0.1, 0.15) is 0 Å².